The van der Waals surface area contributed by atoms with Gasteiger partial charge in [0.15, 0.2) is 9.84 Å². The summed E-state index contributed by atoms with van der Waals surface area (Å²) in [4.78, 5) is 18.9. The van der Waals surface area contributed by atoms with Gasteiger partial charge in [-0.3, -0.25) is 0 Å². The van der Waals surface area contributed by atoms with Gasteiger partial charge in [0.1, 0.15) is 16.1 Å². The van der Waals surface area contributed by atoms with Crippen molar-refractivity contribution in [3.63, 3.8) is 0 Å². The molecule has 1 aromatic carbocycles. The SMILES string of the molecule is COC(=O)c1cccc2[nH]c(C(C)(C)S(C)(=O)=O)nc12. The highest BCUT2D eigenvalue weighted by atomic mass is 32.2. The standard InChI is InChI=1S/C13H16N2O4S/c1-13(2,20(4,17)18)12-14-9-7-5-6-8(10(9)15-12)11(16)19-3/h5-7H,1-4H3,(H,14,15). The maximum atomic E-state index is 11.9. The Morgan fingerprint density at radius 3 is 2.55 bits per heavy atom. The van der Waals surface area contributed by atoms with Gasteiger partial charge in [-0.25, -0.2) is 18.2 Å². The fourth-order valence-corrected chi connectivity index (χ4v) is 2.22. The van der Waals surface area contributed by atoms with Crippen molar-refractivity contribution in [2.75, 3.05) is 13.4 Å². The molecule has 20 heavy (non-hydrogen) atoms. The number of methoxy groups -OCH3 is 1. The normalized spacial score (nSPS) is 12.6. The zero-order valence-corrected chi connectivity index (χ0v) is 12.5. The van der Waals surface area contributed by atoms with Crippen LogP contribution in [0.15, 0.2) is 18.2 Å². The lowest BCUT2D eigenvalue weighted by atomic mass is 10.2. The number of carbonyl (C=O) groups is 1. The maximum Gasteiger partial charge on any atom is 0.340 e. The van der Waals surface area contributed by atoms with Gasteiger partial charge in [0.25, 0.3) is 0 Å². The van der Waals surface area contributed by atoms with E-state index >= 15 is 0 Å². The average Bonchev–Trinajstić information content (AvgIpc) is 2.80. The van der Waals surface area contributed by atoms with Crippen LogP contribution in [0.5, 0.6) is 0 Å². The average molecular weight is 296 g/mol. The first kappa shape index (κ1) is 14.5. The monoisotopic (exact) mass is 296 g/mol. The summed E-state index contributed by atoms with van der Waals surface area (Å²) in [6, 6.07) is 5.01. The number of hydrogen-bond acceptors (Lipinski definition) is 5. The highest BCUT2D eigenvalue weighted by molar-refractivity contribution is 7.91. The van der Waals surface area contributed by atoms with Gasteiger partial charge in [-0.1, -0.05) is 6.07 Å². The minimum Gasteiger partial charge on any atom is -0.465 e. The third kappa shape index (κ3) is 2.18. The first-order chi connectivity index (χ1) is 9.18. The lowest BCUT2D eigenvalue weighted by Gasteiger charge is -2.19. The smallest absolute Gasteiger partial charge is 0.340 e. The Morgan fingerprint density at radius 2 is 2.00 bits per heavy atom. The Hall–Kier alpha value is -1.89. The summed E-state index contributed by atoms with van der Waals surface area (Å²) in [6.07, 6.45) is 1.15. The second-order valence-corrected chi connectivity index (χ2v) is 7.63. The van der Waals surface area contributed by atoms with Crippen LogP contribution in [-0.2, 0) is 19.3 Å². The van der Waals surface area contributed by atoms with Crippen LogP contribution in [0.1, 0.15) is 30.0 Å². The summed E-state index contributed by atoms with van der Waals surface area (Å²) in [5.41, 5.74) is 1.31. The van der Waals surface area contributed by atoms with Crippen molar-refractivity contribution in [1.82, 2.24) is 9.97 Å². The Balaban J connectivity index is 2.70. The van der Waals surface area contributed by atoms with Crippen LogP contribution < -0.4 is 0 Å². The number of carbonyl (C=O) groups excluding carboxylic acids is 1. The van der Waals surface area contributed by atoms with E-state index in [1.54, 1.807) is 32.0 Å². The number of esters is 1. The molecule has 1 heterocycles. The molecule has 0 spiro atoms. The van der Waals surface area contributed by atoms with E-state index in [1.807, 2.05) is 0 Å². The number of aromatic amines is 1. The van der Waals surface area contributed by atoms with Gasteiger partial charge in [0.05, 0.1) is 18.2 Å². The molecule has 6 nitrogen and oxygen atoms in total. The summed E-state index contributed by atoms with van der Waals surface area (Å²) in [6.45, 7) is 3.13. The topological polar surface area (TPSA) is 89.1 Å². The van der Waals surface area contributed by atoms with E-state index in [-0.39, 0.29) is 0 Å². The molecule has 0 bridgehead atoms. The summed E-state index contributed by atoms with van der Waals surface area (Å²) in [7, 11) is -2.06. The molecule has 0 unspecified atom stereocenters. The van der Waals surface area contributed by atoms with Crippen molar-refractivity contribution < 1.29 is 17.9 Å². The zero-order chi connectivity index (χ0) is 15.1. The number of nitrogens with one attached hydrogen (secondary N) is 1. The Bertz CT molecular complexity index is 775. The summed E-state index contributed by atoms with van der Waals surface area (Å²) in [5.74, 6) is -0.211. The van der Waals surface area contributed by atoms with Gasteiger partial charge in [-0.15, -0.1) is 0 Å². The molecule has 0 aliphatic heterocycles. The quantitative estimate of drug-likeness (QED) is 0.869. The molecule has 0 radical (unpaired) electrons. The van der Waals surface area contributed by atoms with Crippen LogP contribution in [-0.4, -0.2) is 37.7 Å². The number of sulfone groups is 1. The number of aromatic nitrogens is 2. The first-order valence-electron chi connectivity index (χ1n) is 5.95. The molecule has 2 aromatic rings. The zero-order valence-electron chi connectivity index (χ0n) is 11.7. The molecule has 2 rings (SSSR count). The van der Waals surface area contributed by atoms with E-state index in [0.29, 0.717) is 22.4 Å². The van der Waals surface area contributed by atoms with Crippen molar-refractivity contribution in [3.8, 4) is 0 Å². The van der Waals surface area contributed by atoms with Crippen LogP contribution in [0, 0.1) is 0 Å². The van der Waals surface area contributed by atoms with E-state index < -0.39 is 20.6 Å². The van der Waals surface area contributed by atoms with Gasteiger partial charge in [-0.05, 0) is 26.0 Å². The Kier molecular flexibility index (Phi) is 3.33. The minimum absolute atomic E-state index is 0.298. The molecule has 0 aliphatic rings. The summed E-state index contributed by atoms with van der Waals surface area (Å²) >= 11 is 0. The van der Waals surface area contributed by atoms with E-state index in [1.165, 1.54) is 7.11 Å². The first-order valence-corrected chi connectivity index (χ1v) is 7.84. The number of H-pyrrole nitrogens is 1. The van der Waals surface area contributed by atoms with Crippen LogP contribution in [0.2, 0.25) is 0 Å². The third-order valence-electron chi connectivity index (χ3n) is 3.42. The number of ether oxygens (including phenoxy) is 1. The number of hydrogen-bond donors (Lipinski definition) is 1. The van der Waals surface area contributed by atoms with Crippen LogP contribution in [0.3, 0.4) is 0 Å². The molecular weight excluding hydrogens is 280 g/mol. The van der Waals surface area contributed by atoms with Crippen molar-refractivity contribution in [3.05, 3.63) is 29.6 Å². The number of imidazole rings is 1. The van der Waals surface area contributed by atoms with E-state index in [4.69, 9.17) is 4.74 Å². The van der Waals surface area contributed by atoms with Crippen molar-refractivity contribution in [2.45, 2.75) is 18.6 Å². The second kappa shape index (κ2) is 4.59. The number of para-hydroxylation sites is 1. The maximum absolute atomic E-state index is 11.9. The summed E-state index contributed by atoms with van der Waals surface area (Å²) in [5, 5.41) is 0. The molecule has 1 aromatic heterocycles. The Labute approximate surface area is 117 Å². The molecule has 0 atom stereocenters. The molecule has 0 aliphatic carbocycles. The molecule has 0 amide bonds. The highest BCUT2D eigenvalue weighted by Crippen LogP contribution is 2.29. The minimum atomic E-state index is -3.35. The van der Waals surface area contributed by atoms with Gasteiger partial charge in [-0.2, -0.15) is 0 Å². The predicted octanol–water partition coefficient (Wildman–Crippen LogP) is 1.63. The predicted molar refractivity (Wildman–Crippen MR) is 75.3 cm³/mol. The molecular formula is C13H16N2O4S. The van der Waals surface area contributed by atoms with Crippen LogP contribution >= 0.6 is 0 Å². The highest BCUT2D eigenvalue weighted by Gasteiger charge is 2.35. The number of rotatable bonds is 3. The largest absolute Gasteiger partial charge is 0.465 e. The van der Waals surface area contributed by atoms with E-state index in [9.17, 15) is 13.2 Å². The molecule has 108 valence electrons. The number of fused-ring (bicyclic) bond motifs is 1. The summed E-state index contributed by atoms with van der Waals surface area (Å²) < 4.78 is 27.2. The third-order valence-corrected chi connectivity index (χ3v) is 5.46. The number of benzene rings is 1. The Morgan fingerprint density at radius 1 is 1.35 bits per heavy atom. The van der Waals surface area contributed by atoms with Gasteiger partial charge in [0, 0.05) is 6.26 Å². The second-order valence-electron chi connectivity index (χ2n) is 5.06. The van der Waals surface area contributed by atoms with Crippen LogP contribution in [0.4, 0.5) is 0 Å². The van der Waals surface area contributed by atoms with Gasteiger partial charge < -0.3 is 9.72 Å². The van der Waals surface area contributed by atoms with Crippen LogP contribution in [0.25, 0.3) is 11.0 Å². The van der Waals surface area contributed by atoms with Gasteiger partial charge >= 0.3 is 5.97 Å². The molecule has 1 N–H and O–H groups in total. The molecule has 0 saturated heterocycles. The lowest BCUT2D eigenvalue weighted by molar-refractivity contribution is 0.0603. The van der Waals surface area contributed by atoms with Gasteiger partial charge in [0.2, 0.25) is 0 Å². The van der Waals surface area contributed by atoms with E-state index in [0.717, 1.165) is 6.26 Å². The van der Waals surface area contributed by atoms with Crippen molar-refractivity contribution in [1.29, 1.82) is 0 Å². The fourth-order valence-electron chi connectivity index (χ4n) is 1.77. The lowest BCUT2D eigenvalue weighted by Crippen LogP contribution is -2.29. The molecule has 7 heteroatoms. The van der Waals surface area contributed by atoms with E-state index in [2.05, 4.69) is 9.97 Å². The molecule has 0 saturated carbocycles. The number of nitrogens with zero attached hydrogens (tertiary/aromatic N) is 1. The fraction of sp³-hybridized carbons (Fsp3) is 0.385. The molecule has 0 fully saturated rings. The van der Waals surface area contributed by atoms with Crippen molar-refractivity contribution in [2.24, 2.45) is 0 Å². The van der Waals surface area contributed by atoms with Crippen molar-refractivity contribution >= 4 is 26.8 Å².